The topological polar surface area (TPSA) is 49.3 Å². The van der Waals surface area contributed by atoms with E-state index < -0.39 is 0 Å². The van der Waals surface area contributed by atoms with Gasteiger partial charge in [0.25, 0.3) is 0 Å². The molecule has 1 heterocycles. The number of benzene rings is 1. The lowest BCUT2D eigenvalue weighted by atomic mass is 9.84. The summed E-state index contributed by atoms with van der Waals surface area (Å²) in [5, 5.41) is 7.82. The monoisotopic (exact) mass is 490 g/mol. The summed E-state index contributed by atoms with van der Waals surface area (Å²) in [6, 6.07) is 6.67. The molecule has 144 valence electrons. The fraction of sp³-hybridized carbons (Fsp3) is 0.474. The van der Waals surface area contributed by atoms with Crippen LogP contribution in [0, 0.1) is 5.82 Å². The van der Waals surface area contributed by atoms with Gasteiger partial charge in [-0.3, -0.25) is 4.99 Å². The van der Waals surface area contributed by atoms with Gasteiger partial charge in [0, 0.05) is 43.0 Å². The molecule has 0 saturated heterocycles. The van der Waals surface area contributed by atoms with Gasteiger partial charge in [-0.2, -0.15) is 0 Å². The zero-order chi connectivity index (χ0) is 18.3. The van der Waals surface area contributed by atoms with Crippen LogP contribution in [-0.4, -0.2) is 31.1 Å². The summed E-state index contributed by atoms with van der Waals surface area (Å²) in [6.07, 6.45) is 3.87. The van der Waals surface area contributed by atoms with E-state index in [0.29, 0.717) is 6.54 Å². The number of hydrogen-bond acceptors (Lipinski definition) is 3. The number of rotatable bonds is 7. The van der Waals surface area contributed by atoms with E-state index >= 15 is 0 Å². The largest absolute Gasteiger partial charge is 0.356 e. The summed E-state index contributed by atoms with van der Waals surface area (Å²) in [6.45, 7) is 7.89. The minimum absolute atomic E-state index is 0. The van der Waals surface area contributed by atoms with Crippen molar-refractivity contribution in [2.45, 2.75) is 39.0 Å². The zero-order valence-electron chi connectivity index (χ0n) is 15.8. The maximum absolute atomic E-state index is 13.1. The summed E-state index contributed by atoms with van der Waals surface area (Å²) in [5.74, 6) is 0.556. The van der Waals surface area contributed by atoms with Crippen LogP contribution < -0.4 is 10.6 Å². The number of hydrogen-bond donors (Lipinski definition) is 2. The molecule has 0 aliphatic carbocycles. The highest BCUT2D eigenvalue weighted by Crippen LogP contribution is 2.22. The van der Waals surface area contributed by atoms with Crippen molar-refractivity contribution in [1.82, 2.24) is 15.6 Å². The molecule has 0 spiro atoms. The molecule has 1 aromatic carbocycles. The maximum Gasteiger partial charge on any atom is 0.191 e. The van der Waals surface area contributed by atoms with E-state index in [1.165, 1.54) is 17.0 Å². The van der Waals surface area contributed by atoms with Crippen molar-refractivity contribution < 1.29 is 4.39 Å². The number of aryl methyl sites for hydroxylation is 1. The van der Waals surface area contributed by atoms with Crippen LogP contribution in [0.5, 0.6) is 0 Å². The summed E-state index contributed by atoms with van der Waals surface area (Å²) >= 11 is 1.77. The summed E-state index contributed by atoms with van der Waals surface area (Å²) in [5.41, 5.74) is 0.961. The molecular weight excluding hydrogens is 462 g/mol. The molecule has 0 aliphatic heterocycles. The van der Waals surface area contributed by atoms with Crippen LogP contribution >= 0.6 is 35.3 Å². The molecule has 0 aliphatic rings. The predicted octanol–water partition coefficient (Wildman–Crippen LogP) is 4.15. The minimum atomic E-state index is -0.210. The molecule has 7 heteroatoms. The minimum Gasteiger partial charge on any atom is -0.356 e. The lowest BCUT2D eigenvalue weighted by Gasteiger charge is -2.26. The smallest absolute Gasteiger partial charge is 0.191 e. The average molecular weight is 490 g/mol. The fourth-order valence-corrected chi connectivity index (χ4v) is 3.31. The zero-order valence-corrected chi connectivity index (χ0v) is 19.0. The van der Waals surface area contributed by atoms with Crippen molar-refractivity contribution >= 4 is 41.3 Å². The second kappa shape index (κ2) is 10.8. The third kappa shape index (κ3) is 6.83. The molecule has 2 aromatic rings. The van der Waals surface area contributed by atoms with Gasteiger partial charge in [0.05, 0.1) is 5.01 Å². The summed E-state index contributed by atoms with van der Waals surface area (Å²) in [7, 11) is 1.76. The van der Waals surface area contributed by atoms with E-state index in [2.05, 4.69) is 41.4 Å². The molecule has 2 N–H and O–H groups in total. The highest BCUT2D eigenvalue weighted by atomic mass is 127. The number of nitrogens with one attached hydrogen (secondary N) is 2. The van der Waals surface area contributed by atoms with Crippen molar-refractivity contribution in [2.75, 3.05) is 20.1 Å². The van der Waals surface area contributed by atoms with Gasteiger partial charge in [0.1, 0.15) is 5.82 Å². The molecular formula is C19H28FIN4S. The third-order valence-corrected chi connectivity index (χ3v) is 5.33. The van der Waals surface area contributed by atoms with Crippen LogP contribution in [0.25, 0.3) is 0 Å². The highest BCUT2D eigenvalue weighted by molar-refractivity contribution is 14.0. The molecule has 0 fully saturated rings. The van der Waals surface area contributed by atoms with Crippen molar-refractivity contribution in [3.8, 4) is 0 Å². The molecule has 0 atom stereocenters. The molecule has 26 heavy (non-hydrogen) atoms. The van der Waals surface area contributed by atoms with Gasteiger partial charge in [-0.25, -0.2) is 9.37 Å². The number of aromatic nitrogens is 1. The number of aliphatic imine (C=N–C) groups is 1. The van der Waals surface area contributed by atoms with Gasteiger partial charge in [0.2, 0.25) is 0 Å². The predicted molar refractivity (Wildman–Crippen MR) is 119 cm³/mol. The Morgan fingerprint density at radius 3 is 2.50 bits per heavy atom. The van der Waals surface area contributed by atoms with Crippen LogP contribution in [0.15, 0.2) is 35.5 Å². The molecule has 0 unspecified atom stereocenters. The fourth-order valence-electron chi connectivity index (χ4n) is 2.44. The molecule has 2 rings (SSSR count). The molecule has 0 radical (unpaired) electrons. The Balaban J connectivity index is 0.00000338. The summed E-state index contributed by atoms with van der Waals surface area (Å²) < 4.78 is 13.1. The van der Waals surface area contributed by atoms with E-state index in [4.69, 9.17) is 0 Å². The lowest BCUT2D eigenvalue weighted by Crippen LogP contribution is -2.44. The first-order valence-electron chi connectivity index (χ1n) is 8.58. The normalized spacial score (nSPS) is 11.8. The van der Waals surface area contributed by atoms with E-state index in [0.717, 1.165) is 35.9 Å². The maximum atomic E-state index is 13.1. The Morgan fingerprint density at radius 2 is 1.92 bits per heavy atom. The van der Waals surface area contributed by atoms with E-state index in [1.54, 1.807) is 18.4 Å². The van der Waals surface area contributed by atoms with Crippen molar-refractivity contribution in [3.05, 3.63) is 51.7 Å². The van der Waals surface area contributed by atoms with E-state index in [9.17, 15) is 4.39 Å². The van der Waals surface area contributed by atoms with E-state index in [1.807, 2.05) is 18.3 Å². The second-order valence-corrected chi connectivity index (χ2v) is 7.77. The number of thiazole rings is 1. The van der Waals surface area contributed by atoms with Crippen molar-refractivity contribution in [2.24, 2.45) is 4.99 Å². The molecule has 0 saturated carbocycles. The number of halogens is 2. The van der Waals surface area contributed by atoms with Crippen LogP contribution in [-0.2, 0) is 18.3 Å². The SMILES string of the molecule is CCc1cnc(CCNC(=NC)NCC(C)(C)c2ccc(F)cc2)s1.I. The highest BCUT2D eigenvalue weighted by Gasteiger charge is 2.20. The average Bonchev–Trinajstić information content (AvgIpc) is 3.06. The molecule has 0 amide bonds. The van der Waals surface area contributed by atoms with Gasteiger partial charge < -0.3 is 10.6 Å². The Kier molecular flexibility index (Phi) is 9.49. The van der Waals surface area contributed by atoms with Gasteiger partial charge in [-0.1, -0.05) is 32.9 Å². The molecule has 1 aromatic heterocycles. The summed E-state index contributed by atoms with van der Waals surface area (Å²) in [4.78, 5) is 10.0. The number of nitrogens with zero attached hydrogens (tertiary/aromatic N) is 2. The quantitative estimate of drug-likeness (QED) is 0.349. The second-order valence-electron chi connectivity index (χ2n) is 6.57. The van der Waals surface area contributed by atoms with Crippen molar-refractivity contribution in [1.29, 1.82) is 0 Å². The van der Waals surface area contributed by atoms with Gasteiger partial charge in [-0.15, -0.1) is 35.3 Å². The van der Waals surface area contributed by atoms with Crippen LogP contribution in [0.2, 0.25) is 0 Å². The third-order valence-electron chi connectivity index (χ3n) is 4.13. The Labute approximate surface area is 176 Å². The lowest BCUT2D eigenvalue weighted by molar-refractivity contribution is 0.507. The van der Waals surface area contributed by atoms with E-state index in [-0.39, 0.29) is 35.2 Å². The van der Waals surface area contributed by atoms with Gasteiger partial charge >= 0.3 is 0 Å². The van der Waals surface area contributed by atoms with Gasteiger partial charge in [0.15, 0.2) is 5.96 Å². The first kappa shape index (κ1) is 22.8. The molecule has 4 nitrogen and oxygen atoms in total. The number of guanidine groups is 1. The molecule has 0 bridgehead atoms. The Morgan fingerprint density at radius 1 is 1.23 bits per heavy atom. The first-order valence-corrected chi connectivity index (χ1v) is 9.40. The van der Waals surface area contributed by atoms with Gasteiger partial charge in [-0.05, 0) is 24.1 Å². The van der Waals surface area contributed by atoms with Crippen LogP contribution in [0.4, 0.5) is 4.39 Å². The van der Waals surface area contributed by atoms with Crippen LogP contribution in [0.1, 0.15) is 36.2 Å². The Hall–Kier alpha value is -1.22. The Bertz CT molecular complexity index is 698. The van der Waals surface area contributed by atoms with Crippen molar-refractivity contribution in [3.63, 3.8) is 0 Å². The standard InChI is InChI=1S/C19H27FN4S.HI/c1-5-16-12-23-17(25-16)10-11-22-18(21-4)24-13-19(2,3)14-6-8-15(20)9-7-14;/h6-9,12H,5,10-11,13H2,1-4H3,(H2,21,22,24);1H. The van der Waals surface area contributed by atoms with Crippen LogP contribution in [0.3, 0.4) is 0 Å². The first-order chi connectivity index (χ1) is 11.9.